The third-order valence-corrected chi connectivity index (χ3v) is 8.03. The lowest BCUT2D eigenvalue weighted by Gasteiger charge is -2.42. The molecule has 204 valence electrons. The second-order valence-electron chi connectivity index (χ2n) is 11.7. The number of aliphatic hydroxyl groups is 3. The standard InChI is InChI=1S/C30H36O8/c1-15-13-20-21(30(5,6)12-11-29(20,3)4)14-19(15)16(2)17-7-9-18(10-8-17)27(36)38-28-24(33)22(31)23(32)25(37-28)26(34)35/h7-10,13-14,22-25,28,31-33H,2,11-12H2,1,3-6H3,(H,34,35)/t22-,23+,24+,25+,28+/m1/s1. The molecule has 1 aliphatic carbocycles. The molecule has 5 atom stereocenters. The van der Waals surface area contributed by atoms with Crippen molar-refractivity contribution in [2.75, 3.05) is 0 Å². The molecule has 8 heteroatoms. The number of aliphatic carboxylic acids is 1. The van der Waals surface area contributed by atoms with Crippen molar-refractivity contribution < 1.29 is 39.5 Å². The van der Waals surface area contributed by atoms with Gasteiger partial charge in [-0.3, -0.25) is 0 Å². The maximum absolute atomic E-state index is 12.7. The largest absolute Gasteiger partial charge is 0.479 e. The molecule has 1 saturated heterocycles. The first-order chi connectivity index (χ1) is 17.6. The molecule has 0 spiro atoms. The normalized spacial score (nSPS) is 27.7. The number of carbonyl (C=O) groups excluding carboxylic acids is 1. The molecule has 0 radical (unpaired) electrons. The van der Waals surface area contributed by atoms with Crippen molar-refractivity contribution >= 4 is 17.5 Å². The Hall–Kier alpha value is -3.04. The zero-order chi connectivity index (χ0) is 28.2. The number of carboxylic acid groups (broad SMARTS) is 1. The number of ether oxygens (including phenoxy) is 2. The van der Waals surface area contributed by atoms with Crippen LogP contribution in [-0.4, -0.2) is 63.1 Å². The highest BCUT2D eigenvalue weighted by Crippen LogP contribution is 2.47. The van der Waals surface area contributed by atoms with Crippen LogP contribution in [0.4, 0.5) is 0 Å². The number of aliphatic hydroxyl groups excluding tert-OH is 3. The molecule has 1 heterocycles. The van der Waals surface area contributed by atoms with Crippen LogP contribution < -0.4 is 0 Å². The van der Waals surface area contributed by atoms with Gasteiger partial charge in [0.25, 0.3) is 0 Å². The minimum atomic E-state index is -1.87. The maximum atomic E-state index is 12.7. The fourth-order valence-electron chi connectivity index (χ4n) is 5.33. The molecule has 1 aliphatic heterocycles. The van der Waals surface area contributed by atoms with Gasteiger partial charge >= 0.3 is 11.9 Å². The third-order valence-electron chi connectivity index (χ3n) is 8.03. The highest BCUT2D eigenvalue weighted by molar-refractivity contribution is 5.90. The molecule has 2 aliphatic rings. The Labute approximate surface area is 222 Å². The lowest BCUT2D eigenvalue weighted by molar-refractivity contribution is -0.278. The van der Waals surface area contributed by atoms with E-state index in [1.54, 1.807) is 24.3 Å². The Morgan fingerprint density at radius 3 is 1.97 bits per heavy atom. The molecule has 0 unspecified atom stereocenters. The van der Waals surface area contributed by atoms with Crippen LogP contribution in [0.25, 0.3) is 5.57 Å². The quantitative estimate of drug-likeness (QED) is 0.437. The van der Waals surface area contributed by atoms with Crippen LogP contribution in [-0.2, 0) is 25.1 Å². The molecule has 0 saturated carbocycles. The van der Waals surface area contributed by atoms with Gasteiger partial charge in [-0.1, -0.05) is 58.5 Å². The fraction of sp³-hybridized carbons (Fsp3) is 0.467. The smallest absolute Gasteiger partial charge is 0.340 e. The highest BCUT2D eigenvalue weighted by Gasteiger charge is 2.48. The summed E-state index contributed by atoms with van der Waals surface area (Å²) in [5.74, 6) is -2.44. The summed E-state index contributed by atoms with van der Waals surface area (Å²) in [7, 11) is 0. The summed E-state index contributed by atoms with van der Waals surface area (Å²) < 4.78 is 10.2. The molecule has 38 heavy (non-hydrogen) atoms. The molecule has 0 bridgehead atoms. The van der Waals surface area contributed by atoms with Gasteiger partial charge < -0.3 is 29.9 Å². The van der Waals surface area contributed by atoms with Crippen molar-refractivity contribution in [3.05, 3.63) is 76.4 Å². The Bertz CT molecular complexity index is 1260. The molecular weight excluding hydrogens is 488 g/mol. The second kappa shape index (κ2) is 9.93. The minimum absolute atomic E-state index is 0.0518. The van der Waals surface area contributed by atoms with Gasteiger partial charge in [-0.25, -0.2) is 9.59 Å². The van der Waals surface area contributed by atoms with Crippen molar-refractivity contribution in [1.82, 2.24) is 0 Å². The van der Waals surface area contributed by atoms with Crippen molar-refractivity contribution in [3.63, 3.8) is 0 Å². The number of hydrogen-bond donors (Lipinski definition) is 4. The number of carbonyl (C=O) groups is 2. The van der Waals surface area contributed by atoms with Crippen molar-refractivity contribution in [2.24, 2.45) is 0 Å². The number of fused-ring (bicyclic) bond motifs is 1. The van der Waals surface area contributed by atoms with E-state index in [0.717, 1.165) is 35.1 Å². The lowest BCUT2D eigenvalue weighted by atomic mass is 9.62. The summed E-state index contributed by atoms with van der Waals surface area (Å²) in [5, 5.41) is 39.0. The molecule has 4 rings (SSSR count). The zero-order valence-corrected chi connectivity index (χ0v) is 22.4. The SMILES string of the molecule is C=C(c1ccc(C(=O)O[C@@H]2O[C@H](C(=O)O)[C@@H](O)[C@@H](O)[C@@H]2O)cc1)c1cc2c(cc1C)C(C)(C)CCC2(C)C. The fourth-order valence-corrected chi connectivity index (χ4v) is 5.33. The van der Waals surface area contributed by atoms with E-state index in [9.17, 15) is 30.0 Å². The van der Waals surface area contributed by atoms with E-state index >= 15 is 0 Å². The average Bonchev–Trinajstić information content (AvgIpc) is 2.86. The van der Waals surface area contributed by atoms with Crippen LogP contribution in [0.3, 0.4) is 0 Å². The summed E-state index contributed by atoms with van der Waals surface area (Å²) in [6.45, 7) is 15.5. The van der Waals surface area contributed by atoms with Gasteiger partial charge in [0.1, 0.15) is 18.3 Å². The molecule has 4 N–H and O–H groups in total. The average molecular weight is 525 g/mol. The third kappa shape index (κ3) is 5.01. The molecule has 2 aromatic carbocycles. The summed E-state index contributed by atoms with van der Waals surface area (Å²) in [6.07, 6.45) is -6.93. The van der Waals surface area contributed by atoms with E-state index in [0.29, 0.717) is 0 Å². The van der Waals surface area contributed by atoms with Crippen LogP contribution in [0.2, 0.25) is 0 Å². The molecule has 0 aromatic heterocycles. The minimum Gasteiger partial charge on any atom is -0.479 e. The van der Waals surface area contributed by atoms with Crippen LogP contribution in [0.15, 0.2) is 43.0 Å². The van der Waals surface area contributed by atoms with Gasteiger partial charge in [0.15, 0.2) is 6.10 Å². The monoisotopic (exact) mass is 524 g/mol. The number of aryl methyl sites for hydroxylation is 1. The van der Waals surface area contributed by atoms with Crippen molar-refractivity contribution in [2.45, 2.75) is 89.0 Å². The van der Waals surface area contributed by atoms with Crippen molar-refractivity contribution in [1.29, 1.82) is 0 Å². The summed E-state index contributed by atoms with van der Waals surface area (Å²) in [5.41, 5.74) is 6.78. The maximum Gasteiger partial charge on any atom is 0.340 e. The van der Waals surface area contributed by atoms with E-state index in [2.05, 4.69) is 53.3 Å². The number of rotatable bonds is 5. The second-order valence-corrected chi connectivity index (χ2v) is 11.7. The predicted molar refractivity (Wildman–Crippen MR) is 141 cm³/mol. The molecule has 2 aromatic rings. The van der Waals surface area contributed by atoms with Crippen LogP contribution in [0.5, 0.6) is 0 Å². The topological polar surface area (TPSA) is 134 Å². The molecule has 1 fully saturated rings. The number of hydrogen-bond acceptors (Lipinski definition) is 7. The Kier molecular flexibility index (Phi) is 7.31. The van der Waals surface area contributed by atoms with Gasteiger partial charge in [-0.15, -0.1) is 0 Å². The van der Waals surface area contributed by atoms with E-state index < -0.39 is 42.6 Å². The van der Waals surface area contributed by atoms with Gasteiger partial charge in [-0.05, 0) is 76.1 Å². The van der Waals surface area contributed by atoms with E-state index in [1.165, 1.54) is 11.1 Å². The lowest BCUT2D eigenvalue weighted by Crippen LogP contribution is -2.60. The molecule has 0 amide bonds. The van der Waals surface area contributed by atoms with E-state index in [1.807, 2.05) is 0 Å². The summed E-state index contributed by atoms with van der Waals surface area (Å²) in [4.78, 5) is 24.0. The Morgan fingerprint density at radius 2 is 1.42 bits per heavy atom. The van der Waals surface area contributed by atoms with E-state index in [-0.39, 0.29) is 16.4 Å². The first-order valence-electron chi connectivity index (χ1n) is 12.7. The molecular formula is C30H36O8. The Balaban J connectivity index is 1.54. The Morgan fingerprint density at radius 1 is 0.895 bits per heavy atom. The van der Waals surface area contributed by atoms with Gasteiger partial charge in [0.05, 0.1) is 5.56 Å². The zero-order valence-electron chi connectivity index (χ0n) is 22.4. The van der Waals surface area contributed by atoms with Crippen LogP contribution >= 0.6 is 0 Å². The van der Waals surface area contributed by atoms with Gasteiger partial charge in [0, 0.05) is 0 Å². The van der Waals surface area contributed by atoms with Gasteiger partial charge in [0.2, 0.25) is 6.29 Å². The molecule has 8 nitrogen and oxygen atoms in total. The number of esters is 1. The first kappa shape index (κ1) is 28.0. The summed E-state index contributed by atoms with van der Waals surface area (Å²) >= 11 is 0. The highest BCUT2D eigenvalue weighted by atomic mass is 16.7. The van der Waals surface area contributed by atoms with E-state index in [4.69, 9.17) is 9.47 Å². The van der Waals surface area contributed by atoms with Crippen molar-refractivity contribution in [3.8, 4) is 0 Å². The predicted octanol–water partition coefficient (Wildman–Crippen LogP) is 3.45. The number of carboxylic acids is 1. The summed E-state index contributed by atoms with van der Waals surface area (Å²) in [6, 6.07) is 11.1. The van der Waals surface area contributed by atoms with Crippen LogP contribution in [0, 0.1) is 6.92 Å². The number of benzene rings is 2. The van der Waals surface area contributed by atoms with Crippen LogP contribution in [0.1, 0.15) is 78.7 Å². The van der Waals surface area contributed by atoms with Gasteiger partial charge in [-0.2, -0.15) is 0 Å². The first-order valence-corrected chi connectivity index (χ1v) is 12.7.